The van der Waals surface area contributed by atoms with Crippen LogP contribution in [0.3, 0.4) is 0 Å². The Kier molecular flexibility index (Phi) is 4.59. The van der Waals surface area contributed by atoms with Gasteiger partial charge < -0.3 is 4.74 Å². The summed E-state index contributed by atoms with van der Waals surface area (Å²) >= 11 is 0. The third-order valence-electron chi connectivity index (χ3n) is 3.42. The lowest BCUT2D eigenvalue weighted by Crippen LogP contribution is -2.35. The average molecular weight is 261 g/mol. The van der Waals surface area contributed by atoms with E-state index in [-0.39, 0.29) is 5.78 Å². The molecule has 0 N–H and O–H groups in total. The van der Waals surface area contributed by atoms with E-state index in [1.165, 1.54) is 12.8 Å². The summed E-state index contributed by atoms with van der Waals surface area (Å²) < 4.78 is 5.27. The first-order valence-corrected chi connectivity index (χ1v) is 7.02. The van der Waals surface area contributed by atoms with Crippen LogP contribution in [0.5, 0.6) is 5.75 Å². The minimum atomic E-state index is 0.157. The van der Waals surface area contributed by atoms with E-state index in [0.29, 0.717) is 29.8 Å². The van der Waals surface area contributed by atoms with Crippen molar-refractivity contribution in [2.45, 2.75) is 32.7 Å². The number of benzene rings is 1. The predicted octanol–water partition coefficient (Wildman–Crippen LogP) is 3.00. The number of carbonyl (C=O) groups is 1. The molecule has 1 saturated carbocycles. The number of methoxy groups -OCH3 is 1. The third kappa shape index (κ3) is 3.80. The summed E-state index contributed by atoms with van der Waals surface area (Å²) in [6.45, 7) is 5.89. The van der Waals surface area contributed by atoms with E-state index in [9.17, 15) is 4.79 Å². The van der Waals surface area contributed by atoms with Crippen molar-refractivity contribution in [3.8, 4) is 5.75 Å². The number of carbonyl (C=O) groups excluding carboxylic acids is 1. The number of hydrogen-bond donors (Lipinski definition) is 0. The normalized spacial score (nSPS) is 15.0. The Balaban J connectivity index is 2.06. The lowest BCUT2D eigenvalue weighted by Gasteiger charge is -2.23. The molecule has 3 heteroatoms. The molecule has 1 aromatic carbocycles. The van der Waals surface area contributed by atoms with Gasteiger partial charge in [0.25, 0.3) is 0 Å². The second-order valence-corrected chi connectivity index (χ2v) is 5.68. The molecule has 1 aliphatic carbocycles. The molecule has 2 rings (SSSR count). The number of ketones is 1. The molecule has 0 unspecified atom stereocenters. The Morgan fingerprint density at radius 1 is 1.37 bits per heavy atom. The summed E-state index contributed by atoms with van der Waals surface area (Å²) in [6.07, 6.45) is 2.46. The highest BCUT2D eigenvalue weighted by atomic mass is 16.5. The number of ether oxygens (including phenoxy) is 1. The quantitative estimate of drug-likeness (QED) is 0.707. The van der Waals surface area contributed by atoms with Crippen LogP contribution < -0.4 is 4.74 Å². The zero-order valence-corrected chi connectivity index (χ0v) is 12.1. The molecule has 104 valence electrons. The number of hydrogen-bond acceptors (Lipinski definition) is 3. The molecule has 0 radical (unpaired) electrons. The first-order chi connectivity index (χ1) is 9.11. The molecule has 0 amide bonds. The molecular weight excluding hydrogens is 238 g/mol. The van der Waals surface area contributed by atoms with Gasteiger partial charge in [0.2, 0.25) is 0 Å². The average Bonchev–Trinajstić information content (AvgIpc) is 3.21. The Morgan fingerprint density at radius 3 is 2.63 bits per heavy atom. The molecule has 0 spiro atoms. The predicted molar refractivity (Wildman–Crippen MR) is 76.8 cm³/mol. The highest BCUT2D eigenvalue weighted by Gasteiger charge is 2.31. The fourth-order valence-electron chi connectivity index (χ4n) is 2.40. The topological polar surface area (TPSA) is 29.5 Å². The maximum Gasteiger partial charge on any atom is 0.180 e. The first-order valence-electron chi connectivity index (χ1n) is 7.02. The summed E-state index contributed by atoms with van der Waals surface area (Å²) in [6, 6.07) is 8.09. The Bertz CT molecular complexity index is 438. The second kappa shape index (κ2) is 6.20. The Hall–Kier alpha value is -1.35. The van der Waals surface area contributed by atoms with Crippen molar-refractivity contribution >= 4 is 5.78 Å². The summed E-state index contributed by atoms with van der Waals surface area (Å²) in [5.41, 5.74) is 0.694. The van der Waals surface area contributed by atoms with Crippen LogP contribution in [0.15, 0.2) is 24.3 Å². The van der Waals surface area contributed by atoms with Crippen LogP contribution in [0.4, 0.5) is 0 Å². The molecule has 0 aromatic heterocycles. The molecule has 3 nitrogen and oxygen atoms in total. The van der Waals surface area contributed by atoms with Gasteiger partial charge in [0.15, 0.2) is 5.78 Å². The fourth-order valence-corrected chi connectivity index (χ4v) is 2.40. The molecule has 0 atom stereocenters. The Labute approximate surface area is 115 Å². The second-order valence-electron chi connectivity index (χ2n) is 5.68. The molecule has 1 aromatic rings. The minimum Gasteiger partial charge on any atom is -0.496 e. The smallest absolute Gasteiger partial charge is 0.180 e. The van der Waals surface area contributed by atoms with E-state index < -0.39 is 0 Å². The summed E-state index contributed by atoms with van der Waals surface area (Å²) in [5.74, 6) is 1.42. The van der Waals surface area contributed by atoms with Crippen LogP contribution >= 0.6 is 0 Å². The summed E-state index contributed by atoms with van der Waals surface area (Å²) in [7, 11) is 1.61. The number of Topliss-reactive ketones (excluding diaryl/α,β-unsaturated/α-hetero) is 1. The molecule has 0 aliphatic heterocycles. The molecular formula is C16H23NO2. The maximum atomic E-state index is 12.4. The highest BCUT2D eigenvalue weighted by molar-refractivity contribution is 6.00. The Morgan fingerprint density at radius 2 is 2.05 bits per heavy atom. The van der Waals surface area contributed by atoms with Gasteiger partial charge in [-0.15, -0.1) is 0 Å². The molecule has 19 heavy (non-hydrogen) atoms. The van der Waals surface area contributed by atoms with Crippen molar-refractivity contribution in [2.24, 2.45) is 5.92 Å². The van der Waals surface area contributed by atoms with E-state index in [1.54, 1.807) is 7.11 Å². The van der Waals surface area contributed by atoms with Crippen molar-refractivity contribution < 1.29 is 9.53 Å². The van der Waals surface area contributed by atoms with Gasteiger partial charge in [-0.3, -0.25) is 9.69 Å². The van der Waals surface area contributed by atoms with Gasteiger partial charge in [0, 0.05) is 12.6 Å². The number of nitrogens with zero attached hydrogens (tertiary/aromatic N) is 1. The van der Waals surface area contributed by atoms with Crippen LogP contribution in [-0.4, -0.2) is 36.9 Å². The monoisotopic (exact) mass is 261 g/mol. The molecule has 0 bridgehead atoms. The third-order valence-corrected chi connectivity index (χ3v) is 3.42. The number of rotatable bonds is 7. The lowest BCUT2D eigenvalue weighted by atomic mass is 10.1. The summed E-state index contributed by atoms with van der Waals surface area (Å²) in [4.78, 5) is 14.7. The van der Waals surface area contributed by atoms with Gasteiger partial charge in [0.1, 0.15) is 5.75 Å². The van der Waals surface area contributed by atoms with Crippen molar-refractivity contribution in [2.75, 3.05) is 20.2 Å². The largest absolute Gasteiger partial charge is 0.496 e. The minimum absolute atomic E-state index is 0.157. The summed E-state index contributed by atoms with van der Waals surface area (Å²) in [5, 5.41) is 0. The van der Waals surface area contributed by atoms with Crippen LogP contribution in [0.25, 0.3) is 0 Å². The van der Waals surface area contributed by atoms with Crippen LogP contribution in [0.2, 0.25) is 0 Å². The van der Waals surface area contributed by atoms with Gasteiger partial charge in [-0.25, -0.2) is 0 Å². The van der Waals surface area contributed by atoms with Crippen LogP contribution in [-0.2, 0) is 0 Å². The van der Waals surface area contributed by atoms with Crippen molar-refractivity contribution in [3.63, 3.8) is 0 Å². The van der Waals surface area contributed by atoms with E-state index >= 15 is 0 Å². The molecule has 1 fully saturated rings. The van der Waals surface area contributed by atoms with E-state index in [1.807, 2.05) is 24.3 Å². The molecule has 0 heterocycles. The standard InChI is InChI=1S/C16H23NO2/c1-12(2)10-17(13-8-9-13)11-15(18)14-6-4-5-7-16(14)19-3/h4-7,12-13H,8-11H2,1-3H3. The fraction of sp³-hybridized carbons (Fsp3) is 0.562. The van der Waals surface area contributed by atoms with Crippen molar-refractivity contribution in [1.29, 1.82) is 0 Å². The van der Waals surface area contributed by atoms with Gasteiger partial charge in [-0.1, -0.05) is 26.0 Å². The van der Waals surface area contributed by atoms with Gasteiger partial charge in [-0.05, 0) is 30.9 Å². The van der Waals surface area contributed by atoms with E-state index in [2.05, 4.69) is 18.7 Å². The first kappa shape index (κ1) is 14.1. The van der Waals surface area contributed by atoms with Gasteiger partial charge in [-0.2, -0.15) is 0 Å². The zero-order chi connectivity index (χ0) is 13.8. The zero-order valence-electron chi connectivity index (χ0n) is 12.1. The van der Waals surface area contributed by atoms with Crippen LogP contribution in [0.1, 0.15) is 37.0 Å². The van der Waals surface area contributed by atoms with E-state index in [0.717, 1.165) is 6.54 Å². The highest BCUT2D eigenvalue weighted by Crippen LogP contribution is 2.28. The van der Waals surface area contributed by atoms with Crippen molar-refractivity contribution in [1.82, 2.24) is 4.90 Å². The van der Waals surface area contributed by atoms with Gasteiger partial charge >= 0.3 is 0 Å². The molecule has 0 saturated heterocycles. The van der Waals surface area contributed by atoms with E-state index in [4.69, 9.17) is 4.74 Å². The maximum absolute atomic E-state index is 12.4. The number of para-hydroxylation sites is 1. The molecule has 1 aliphatic rings. The SMILES string of the molecule is COc1ccccc1C(=O)CN(CC(C)C)C1CC1. The van der Waals surface area contributed by atoms with Crippen LogP contribution in [0, 0.1) is 5.92 Å². The van der Waals surface area contributed by atoms with Crippen molar-refractivity contribution in [3.05, 3.63) is 29.8 Å². The lowest BCUT2D eigenvalue weighted by molar-refractivity contribution is 0.0912. The van der Waals surface area contributed by atoms with Gasteiger partial charge in [0.05, 0.1) is 19.2 Å².